The molecule has 2 aliphatic heterocycles. The van der Waals surface area contributed by atoms with Gasteiger partial charge in [0.2, 0.25) is 0 Å². The van der Waals surface area contributed by atoms with E-state index < -0.39 is 5.91 Å². The number of amides is 1. The van der Waals surface area contributed by atoms with Crippen molar-refractivity contribution in [1.82, 2.24) is 4.90 Å². The second kappa shape index (κ2) is 3.74. The molecule has 0 saturated heterocycles. The minimum absolute atomic E-state index is 0.402. The van der Waals surface area contributed by atoms with Gasteiger partial charge in [-0.05, 0) is 12.6 Å². The second-order valence-corrected chi connectivity index (χ2v) is 4.57. The van der Waals surface area contributed by atoms with E-state index in [2.05, 4.69) is 16.9 Å². The molecule has 0 atom stereocenters. The third kappa shape index (κ3) is 1.83. The fourth-order valence-corrected chi connectivity index (χ4v) is 2.56. The quantitative estimate of drug-likeness (QED) is 0.674. The fraction of sp³-hybridized carbons (Fsp3) is 0.556. The summed E-state index contributed by atoms with van der Waals surface area (Å²) in [7, 11) is 2.10. The van der Waals surface area contributed by atoms with Crippen LogP contribution in [0.3, 0.4) is 0 Å². The average molecular weight is 211 g/mol. The van der Waals surface area contributed by atoms with Crippen LogP contribution in [0.2, 0.25) is 0 Å². The number of aliphatic imine (C=N–C) groups is 1. The van der Waals surface area contributed by atoms with E-state index in [9.17, 15) is 4.79 Å². The number of hydrogen-bond donors (Lipinski definition) is 1. The zero-order valence-electron chi connectivity index (χ0n) is 8.12. The lowest BCUT2D eigenvalue weighted by molar-refractivity contribution is -0.111. The molecule has 0 bridgehead atoms. The van der Waals surface area contributed by atoms with Gasteiger partial charge in [-0.3, -0.25) is 4.79 Å². The summed E-state index contributed by atoms with van der Waals surface area (Å²) in [5.41, 5.74) is 7.61. The molecule has 0 saturated carbocycles. The van der Waals surface area contributed by atoms with Crippen LogP contribution < -0.4 is 5.73 Å². The van der Waals surface area contributed by atoms with Gasteiger partial charge in [-0.25, -0.2) is 4.99 Å². The van der Waals surface area contributed by atoms with Crippen LogP contribution in [-0.4, -0.2) is 41.7 Å². The summed E-state index contributed by atoms with van der Waals surface area (Å²) >= 11 is 1.45. The molecule has 5 heteroatoms. The summed E-state index contributed by atoms with van der Waals surface area (Å²) < 4.78 is 0. The molecule has 2 rings (SSSR count). The Morgan fingerprint density at radius 1 is 1.64 bits per heavy atom. The van der Waals surface area contributed by atoms with Crippen LogP contribution in [0.15, 0.2) is 16.3 Å². The Morgan fingerprint density at radius 3 is 3.14 bits per heavy atom. The minimum Gasteiger partial charge on any atom is -0.364 e. The third-order valence-electron chi connectivity index (χ3n) is 2.43. The predicted octanol–water partition coefficient (Wildman–Crippen LogP) is 0.207. The molecule has 1 amide bonds. The molecule has 4 nitrogen and oxygen atoms in total. The number of likely N-dealkylation sites (N-methyl/N-ethyl adjacent to an activating group) is 1. The molecule has 14 heavy (non-hydrogen) atoms. The molecule has 0 unspecified atom stereocenters. The Kier molecular flexibility index (Phi) is 2.60. The Balaban J connectivity index is 2.23. The van der Waals surface area contributed by atoms with Gasteiger partial charge >= 0.3 is 0 Å². The van der Waals surface area contributed by atoms with Crippen LogP contribution in [-0.2, 0) is 4.79 Å². The molecular weight excluding hydrogens is 198 g/mol. The zero-order chi connectivity index (χ0) is 10.1. The minimum atomic E-state index is -0.402. The van der Waals surface area contributed by atoms with Gasteiger partial charge in [0.15, 0.2) is 5.04 Å². The molecule has 2 heterocycles. The largest absolute Gasteiger partial charge is 0.364 e. The molecule has 76 valence electrons. The van der Waals surface area contributed by atoms with E-state index in [0.29, 0.717) is 5.04 Å². The van der Waals surface area contributed by atoms with Crippen LogP contribution >= 0.6 is 11.8 Å². The lowest BCUT2D eigenvalue weighted by Gasteiger charge is -2.28. The highest BCUT2D eigenvalue weighted by atomic mass is 32.2. The van der Waals surface area contributed by atoms with Gasteiger partial charge in [-0.15, -0.1) is 0 Å². The van der Waals surface area contributed by atoms with Crippen LogP contribution in [0.5, 0.6) is 0 Å². The first-order chi connectivity index (χ1) is 6.66. The monoisotopic (exact) mass is 211 g/mol. The van der Waals surface area contributed by atoms with E-state index in [-0.39, 0.29) is 0 Å². The molecule has 0 aromatic carbocycles. The molecular formula is C9H13N3OS. The number of carbonyl (C=O) groups excluding carboxylic acids is 1. The maximum absolute atomic E-state index is 10.9. The van der Waals surface area contributed by atoms with E-state index in [1.54, 1.807) is 0 Å². The van der Waals surface area contributed by atoms with Crippen molar-refractivity contribution < 1.29 is 4.79 Å². The summed E-state index contributed by atoms with van der Waals surface area (Å²) in [6.07, 6.45) is 0.934. The number of primary amides is 1. The first-order valence-corrected chi connectivity index (χ1v) is 5.56. The van der Waals surface area contributed by atoms with Gasteiger partial charge in [-0.1, -0.05) is 11.8 Å². The molecule has 0 aliphatic carbocycles. The summed E-state index contributed by atoms with van der Waals surface area (Å²) in [6.45, 7) is 1.98. The van der Waals surface area contributed by atoms with E-state index in [1.807, 2.05) is 0 Å². The highest BCUT2D eigenvalue weighted by molar-refractivity contribution is 8.15. The van der Waals surface area contributed by atoms with Crippen LogP contribution in [0.25, 0.3) is 0 Å². The summed E-state index contributed by atoms with van der Waals surface area (Å²) in [5, 5.41) is 0.466. The molecule has 2 aliphatic rings. The van der Waals surface area contributed by atoms with Gasteiger partial charge in [0.05, 0.1) is 0 Å². The normalized spacial score (nSPS) is 23.1. The van der Waals surface area contributed by atoms with E-state index >= 15 is 0 Å². The lowest BCUT2D eigenvalue weighted by Crippen LogP contribution is -2.32. The van der Waals surface area contributed by atoms with Crippen molar-refractivity contribution >= 4 is 22.7 Å². The molecule has 0 aromatic rings. The number of nitrogens with two attached hydrogens (primary N) is 1. The van der Waals surface area contributed by atoms with Crippen molar-refractivity contribution in [1.29, 1.82) is 0 Å². The Morgan fingerprint density at radius 2 is 2.43 bits per heavy atom. The smallest absolute Gasteiger partial charge is 0.273 e. The van der Waals surface area contributed by atoms with Crippen LogP contribution in [0.1, 0.15) is 6.42 Å². The maximum Gasteiger partial charge on any atom is 0.273 e. The first kappa shape index (κ1) is 9.73. The highest BCUT2D eigenvalue weighted by Gasteiger charge is 2.22. The Bertz CT molecular complexity index is 335. The zero-order valence-corrected chi connectivity index (χ0v) is 8.93. The van der Waals surface area contributed by atoms with Gasteiger partial charge in [0, 0.05) is 31.0 Å². The summed E-state index contributed by atoms with van der Waals surface area (Å²) in [5.74, 6) is 0.460. The molecule has 2 N–H and O–H groups in total. The topological polar surface area (TPSA) is 58.7 Å². The van der Waals surface area contributed by atoms with Gasteiger partial charge in [0.1, 0.15) is 0 Å². The number of rotatable bonds is 1. The highest BCUT2D eigenvalue weighted by Crippen LogP contribution is 2.27. The van der Waals surface area contributed by atoms with Crippen molar-refractivity contribution in [3.05, 3.63) is 11.3 Å². The van der Waals surface area contributed by atoms with Crippen molar-refractivity contribution in [2.45, 2.75) is 6.42 Å². The van der Waals surface area contributed by atoms with Gasteiger partial charge < -0.3 is 10.6 Å². The Hall–Kier alpha value is -0.810. The predicted molar refractivity (Wildman–Crippen MR) is 58.2 cm³/mol. The molecule has 0 aromatic heterocycles. The SMILES string of the molecule is CN1CCC2=C(CSC(C(N)=O)=N2)C1. The van der Waals surface area contributed by atoms with E-state index in [0.717, 1.165) is 31.0 Å². The van der Waals surface area contributed by atoms with Crippen LogP contribution in [0, 0.1) is 0 Å². The molecule has 0 radical (unpaired) electrons. The third-order valence-corrected chi connectivity index (χ3v) is 3.49. The van der Waals surface area contributed by atoms with E-state index in [4.69, 9.17) is 5.73 Å². The number of hydrogen-bond acceptors (Lipinski definition) is 4. The number of nitrogens with zero attached hydrogens (tertiary/aromatic N) is 2. The van der Waals surface area contributed by atoms with E-state index in [1.165, 1.54) is 17.3 Å². The van der Waals surface area contributed by atoms with Gasteiger partial charge in [0.25, 0.3) is 5.91 Å². The van der Waals surface area contributed by atoms with Crippen molar-refractivity contribution in [2.24, 2.45) is 10.7 Å². The fourth-order valence-electron chi connectivity index (χ4n) is 1.67. The first-order valence-electron chi connectivity index (χ1n) is 4.57. The van der Waals surface area contributed by atoms with Crippen molar-refractivity contribution in [3.63, 3.8) is 0 Å². The molecule has 0 spiro atoms. The van der Waals surface area contributed by atoms with Crippen molar-refractivity contribution in [3.8, 4) is 0 Å². The maximum atomic E-state index is 10.9. The summed E-state index contributed by atoms with van der Waals surface area (Å²) in [4.78, 5) is 17.5. The van der Waals surface area contributed by atoms with Crippen LogP contribution in [0.4, 0.5) is 0 Å². The summed E-state index contributed by atoms with van der Waals surface area (Å²) in [6, 6.07) is 0. The van der Waals surface area contributed by atoms with Crippen molar-refractivity contribution in [2.75, 3.05) is 25.9 Å². The lowest BCUT2D eigenvalue weighted by atomic mass is 10.1. The molecule has 0 fully saturated rings. The van der Waals surface area contributed by atoms with Gasteiger partial charge in [-0.2, -0.15) is 0 Å². The Labute approximate surface area is 87.2 Å². The standard InChI is InChI=1S/C9H13N3OS/c1-12-3-2-7-6(4-12)5-14-9(11-7)8(10)13/h2-5H2,1H3,(H2,10,13). The number of thioether (sulfide) groups is 1. The number of carbonyl (C=O) groups is 1. The second-order valence-electron chi connectivity index (χ2n) is 3.61. The average Bonchev–Trinajstić information content (AvgIpc) is 2.16.